The van der Waals surface area contributed by atoms with Gasteiger partial charge in [-0.3, -0.25) is 9.69 Å². The van der Waals surface area contributed by atoms with Gasteiger partial charge in [-0.2, -0.15) is 0 Å². The fraction of sp³-hybridized carbons (Fsp3) is 0.500. The van der Waals surface area contributed by atoms with E-state index in [2.05, 4.69) is 24.1 Å². The number of likely N-dealkylation sites (N-methyl/N-ethyl adjacent to an activating group) is 1. The second-order valence-electron chi connectivity index (χ2n) is 4.60. The molecule has 19 heavy (non-hydrogen) atoms. The first-order valence-electron chi connectivity index (χ1n) is 6.56. The molecular formula is C14H22FN3O. The Balaban J connectivity index is 2.64. The highest BCUT2D eigenvalue weighted by atomic mass is 19.1. The van der Waals surface area contributed by atoms with E-state index >= 15 is 0 Å². The minimum absolute atomic E-state index is 0.138. The van der Waals surface area contributed by atoms with Crippen LogP contribution in [0.2, 0.25) is 0 Å². The van der Waals surface area contributed by atoms with Gasteiger partial charge in [0, 0.05) is 6.04 Å². The first-order chi connectivity index (χ1) is 8.97. The maximum absolute atomic E-state index is 12.9. The molecule has 0 fully saturated rings. The van der Waals surface area contributed by atoms with Crippen LogP contribution in [0.15, 0.2) is 18.2 Å². The Bertz CT molecular complexity index is 437. The highest BCUT2D eigenvalue weighted by Crippen LogP contribution is 2.19. The summed E-state index contributed by atoms with van der Waals surface area (Å²) in [7, 11) is 0. The van der Waals surface area contributed by atoms with Gasteiger partial charge in [0.2, 0.25) is 5.91 Å². The lowest BCUT2D eigenvalue weighted by molar-refractivity contribution is -0.117. The van der Waals surface area contributed by atoms with Gasteiger partial charge in [-0.1, -0.05) is 13.8 Å². The molecule has 1 amide bonds. The lowest BCUT2D eigenvalue weighted by Crippen LogP contribution is -2.39. The van der Waals surface area contributed by atoms with Crippen LogP contribution >= 0.6 is 0 Å². The van der Waals surface area contributed by atoms with E-state index in [1.54, 1.807) is 0 Å². The van der Waals surface area contributed by atoms with Gasteiger partial charge in [-0.05, 0) is 38.1 Å². The smallest absolute Gasteiger partial charge is 0.238 e. The van der Waals surface area contributed by atoms with Crippen LogP contribution in [0.25, 0.3) is 0 Å². The summed E-state index contributed by atoms with van der Waals surface area (Å²) < 4.78 is 12.9. The molecule has 0 bridgehead atoms. The Hall–Kier alpha value is -1.62. The number of nitrogens with one attached hydrogen (secondary N) is 1. The van der Waals surface area contributed by atoms with Gasteiger partial charge in [0.15, 0.2) is 0 Å². The average molecular weight is 267 g/mol. The normalized spacial score (nSPS) is 12.5. The molecular weight excluding hydrogens is 245 g/mol. The fourth-order valence-electron chi connectivity index (χ4n) is 1.86. The molecule has 0 spiro atoms. The van der Waals surface area contributed by atoms with Crippen LogP contribution in [0.5, 0.6) is 0 Å². The summed E-state index contributed by atoms with van der Waals surface area (Å²) in [5.74, 6) is -0.550. The zero-order valence-corrected chi connectivity index (χ0v) is 11.7. The standard InChI is InChI=1S/C14H22FN3O/c1-4-10(3)18(5-2)9-14(19)17-13-7-6-11(15)8-12(13)16/h6-8,10H,4-5,9,16H2,1-3H3,(H,17,19). The zero-order valence-electron chi connectivity index (χ0n) is 11.7. The number of benzene rings is 1. The van der Waals surface area contributed by atoms with Crippen LogP contribution < -0.4 is 11.1 Å². The summed E-state index contributed by atoms with van der Waals surface area (Å²) in [6, 6.07) is 4.30. The summed E-state index contributed by atoms with van der Waals surface area (Å²) >= 11 is 0. The molecule has 0 radical (unpaired) electrons. The van der Waals surface area contributed by atoms with Crippen molar-refractivity contribution in [3.8, 4) is 0 Å². The summed E-state index contributed by atoms with van der Waals surface area (Å²) in [6.07, 6.45) is 0.986. The van der Waals surface area contributed by atoms with Crippen LogP contribution in [0.1, 0.15) is 27.2 Å². The number of halogens is 1. The Morgan fingerprint density at radius 3 is 2.68 bits per heavy atom. The van der Waals surface area contributed by atoms with Crippen molar-refractivity contribution in [3.05, 3.63) is 24.0 Å². The molecule has 0 aliphatic carbocycles. The molecule has 1 atom stereocenters. The predicted octanol–water partition coefficient (Wildman–Crippen LogP) is 2.47. The molecule has 0 heterocycles. The number of hydrogen-bond acceptors (Lipinski definition) is 3. The van der Waals surface area contributed by atoms with Gasteiger partial charge in [0.25, 0.3) is 0 Å². The van der Waals surface area contributed by atoms with Crippen LogP contribution in [0.3, 0.4) is 0 Å². The number of hydrogen-bond donors (Lipinski definition) is 2. The van der Waals surface area contributed by atoms with E-state index in [-0.39, 0.29) is 11.6 Å². The molecule has 106 valence electrons. The van der Waals surface area contributed by atoms with E-state index in [0.29, 0.717) is 18.3 Å². The van der Waals surface area contributed by atoms with Gasteiger partial charge in [-0.25, -0.2) is 4.39 Å². The second kappa shape index (κ2) is 7.09. The van der Waals surface area contributed by atoms with Crippen molar-refractivity contribution in [2.45, 2.75) is 33.2 Å². The van der Waals surface area contributed by atoms with Crippen LogP contribution in [-0.2, 0) is 4.79 Å². The highest BCUT2D eigenvalue weighted by Gasteiger charge is 2.14. The molecule has 5 heteroatoms. The zero-order chi connectivity index (χ0) is 14.4. The van der Waals surface area contributed by atoms with E-state index in [0.717, 1.165) is 13.0 Å². The maximum Gasteiger partial charge on any atom is 0.238 e. The Morgan fingerprint density at radius 2 is 2.16 bits per heavy atom. The SMILES string of the molecule is CCC(C)N(CC)CC(=O)Nc1ccc(F)cc1N. The van der Waals surface area contributed by atoms with Crippen molar-refractivity contribution in [2.75, 3.05) is 24.1 Å². The number of nitrogen functional groups attached to an aromatic ring is 1. The number of rotatable bonds is 6. The van der Waals surface area contributed by atoms with Gasteiger partial charge < -0.3 is 11.1 Å². The average Bonchev–Trinajstić information content (AvgIpc) is 2.38. The summed E-state index contributed by atoms with van der Waals surface area (Å²) in [6.45, 7) is 7.31. The third-order valence-corrected chi connectivity index (χ3v) is 3.25. The van der Waals surface area contributed by atoms with E-state index in [4.69, 9.17) is 5.73 Å². The van der Waals surface area contributed by atoms with Crippen LogP contribution in [0, 0.1) is 5.82 Å². The minimum atomic E-state index is -0.412. The third kappa shape index (κ3) is 4.52. The predicted molar refractivity (Wildman–Crippen MR) is 76.4 cm³/mol. The molecule has 1 unspecified atom stereocenters. The van der Waals surface area contributed by atoms with Gasteiger partial charge in [0.1, 0.15) is 5.82 Å². The quantitative estimate of drug-likeness (QED) is 0.778. The summed E-state index contributed by atoms with van der Waals surface area (Å²) in [5, 5.41) is 2.71. The second-order valence-corrected chi connectivity index (χ2v) is 4.60. The van der Waals surface area contributed by atoms with Crippen molar-refractivity contribution < 1.29 is 9.18 Å². The van der Waals surface area contributed by atoms with Crippen molar-refractivity contribution >= 4 is 17.3 Å². The Kier molecular flexibility index (Phi) is 5.76. The Labute approximate surface area is 113 Å². The van der Waals surface area contributed by atoms with Gasteiger partial charge in [0.05, 0.1) is 17.9 Å². The summed E-state index contributed by atoms with van der Waals surface area (Å²) in [5.41, 5.74) is 6.34. The molecule has 0 aromatic heterocycles. The highest BCUT2D eigenvalue weighted by molar-refractivity contribution is 5.95. The minimum Gasteiger partial charge on any atom is -0.397 e. The third-order valence-electron chi connectivity index (χ3n) is 3.25. The summed E-state index contributed by atoms with van der Waals surface area (Å²) in [4.78, 5) is 14.0. The molecule has 0 aliphatic heterocycles. The van der Waals surface area contributed by atoms with Crippen molar-refractivity contribution in [1.29, 1.82) is 0 Å². The number of carbonyl (C=O) groups is 1. The van der Waals surface area contributed by atoms with E-state index in [1.807, 2.05) is 6.92 Å². The lowest BCUT2D eigenvalue weighted by Gasteiger charge is -2.26. The van der Waals surface area contributed by atoms with Gasteiger partial charge >= 0.3 is 0 Å². The monoisotopic (exact) mass is 267 g/mol. The van der Waals surface area contributed by atoms with E-state index in [1.165, 1.54) is 18.2 Å². The molecule has 0 saturated heterocycles. The first kappa shape index (κ1) is 15.4. The number of nitrogens with zero attached hydrogens (tertiary/aromatic N) is 1. The van der Waals surface area contributed by atoms with Crippen LogP contribution in [0.4, 0.5) is 15.8 Å². The number of nitrogens with two attached hydrogens (primary N) is 1. The molecule has 1 aromatic rings. The fourth-order valence-corrected chi connectivity index (χ4v) is 1.86. The van der Waals surface area contributed by atoms with E-state index in [9.17, 15) is 9.18 Å². The molecule has 1 rings (SSSR count). The van der Waals surface area contributed by atoms with Crippen molar-refractivity contribution in [1.82, 2.24) is 4.90 Å². The molecule has 0 aliphatic rings. The van der Waals surface area contributed by atoms with Gasteiger partial charge in [-0.15, -0.1) is 0 Å². The van der Waals surface area contributed by atoms with Crippen molar-refractivity contribution in [3.63, 3.8) is 0 Å². The molecule has 4 nitrogen and oxygen atoms in total. The van der Waals surface area contributed by atoms with Crippen LogP contribution in [-0.4, -0.2) is 29.9 Å². The number of carbonyl (C=O) groups excluding carboxylic acids is 1. The molecule has 3 N–H and O–H groups in total. The maximum atomic E-state index is 12.9. The molecule has 1 aromatic carbocycles. The Morgan fingerprint density at radius 1 is 1.47 bits per heavy atom. The topological polar surface area (TPSA) is 58.4 Å². The van der Waals surface area contributed by atoms with E-state index < -0.39 is 5.82 Å². The number of amides is 1. The number of anilines is 2. The van der Waals surface area contributed by atoms with Crippen molar-refractivity contribution in [2.24, 2.45) is 0 Å². The molecule has 0 saturated carbocycles. The first-order valence-corrected chi connectivity index (χ1v) is 6.56. The lowest BCUT2D eigenvalue weighted by atomic mass is 10.2. The largest absolute Gasteiger partial charge is 0.397 e.